The van der Waals surface area contributed by atoms with Crippen LogP contribution in [0.1, 0.15) is 31.7 Å². The number of carbonyl (C=O) groups is 2. The summed E-state index contributed by atoms with van der Waals surface area (Å²) in [6, 6.07) is 11.9. The average Bonchev–Trinajstić information content (AvgIpc) is 3.16. The van der Waals surface area contributed by atoms with Crippen LogP contribution < -0.4 is 19.3 Å². The van der Waals surface area contributed by atoms with Crippen LogP contribution in [0.3, 0.4) is 0 Å². The highest BCUT2D eigenvalue weighted by Gasteiger charge is 2.24. The molecule has 32 heavy (non-hydrogen) atoms. The monoisotopic (exact) mass is 459 g/mol. The Labute approximate surface area is 189 Å². The molecule has 0 radical (unpaired) electrons. The first kappa shape index (κ1) is 23.6. The summed E-state index contributed by atoms with van der Waals surface area (Å²) in [6.07, 6.45) is 3.31. The van der Waals surface area contributed by atoms with Crippen molar-refractivity contribution in [2.24, 2.45) is 0 Å². The van der Waals surface area contributed by atoms with Gasteiger partial charge >= 0.3 is 0 Å². The topological polar surface area (TPSA) is 96.0 Å². The van der Waals surface area contributed by atoms with Crippen molar-refractivity contribution in [3.8, 4) is 5.75 Å². The van der Waals surface area contributed by atoms with Gasteiger partial charge in [-0.2, -0.15) is 0 Å². The van der Waals surface area contributed by atoms with Crippen molar-refractivity contribution in [2.45, 2.75) is 33.1 Å². The number of anilines is 3. The lowest BCUT2D eigenvalue weighted by molar-refractivity contribution is -0.117. The second-order valence-corrected chi connectivity index (χ2v) is 9.72. The Morgan fingerprint density at radius 2 is 1.91 bits per heavy atom. The molecule has 9 heteroatoms. The van der Waals surface area contributed by atoms with Crippen LogP contribution in [-0.4, -0.2) is 46.2 Å². The minimum absolute atomic E-state index is 0.0970. The molecule has 0 unspecified atom stereocenters. The van der Waals surface area contributed by atoms with Crippen molar-refractivity contribution in [1.29, 1.82) is 0 Å². The van der Waals surface area contributed by atoms with Gasteiger partial charge < -0.3 is 15.0 Å². The van der Waals surface area contributed by atoms with Gasteiger partial charge in [0.1, 0.15) is 12.3 Å². The highest BCUT2D eigenvalue weighted by molar-refractivity contribution is 7.92. The number of hydrogen-bond acceptors (Lipinski definition) is 5. The first-order chi connectivity index (χ1) is 15.2. The van der Waals surface area contributed by atoms with Gasteiger partial charge in [0, 0.05) is 24.3 Å². The number of amides is 2. The van der Waals surface area contributed by atoms with E-state index in [4.69, 9.17) is 4.74 Å². The molecule has 8 nitrogen and oxygen atoms in total. The maximum absolute atomic E-state index is 12.6. The highest BCUT2D eigenvalue weighted by Crippen LogP contribution is 2.28. The van der Waals surface area contributed by atoms with E-state index in [2.05, 4.69) is 5.32 Å². The van der Waals surface area contributed by atoms with E-state index in [0.717, 1.165) is 34.7 Å². The zero-order chi connectivity index (χ0) is 23.3. The van der Waals surface area contributed by atoms with Gasteiger partial charge in [0.15, 0.2) is 0 Å². The molecule has 2 amide bonds. The van der Waals surface area contributed by atoms with Gasteiger partial charge in [0.05, 0.1) is 18.6 Å². The molecule has 2 aromatic rings. The van der Waals surface area contributed by atoms with Crippen LogP contribution in [0.4, 0.5) is 17.1 Å². The molecule has 1 N–H and O–H groups in total. The summed E-state index contributed by atoms with van der Waals surface area (Å²) in [5.74, 6) is 0.270. The number of benzene rings is 2. The van der Waals surface area contributed by atoms with Crippen molar-refractivity contribution in [1.82, 2.24) is 0 Å². The smallest absolute Gasteiger partial charge is 0.245 e. The summed E-state index contributed by atoms with van der Waals surface area (Å²) in [5, 5.41) is 2.75. The van der Waals surface area contributed by atoms with E-state index < -0.39 is 15.9 Å². The lowest BCUT2D eigenvalue weighted by atomic mass is 10.1. The van der Waals surface area contributed by atoms with E-state index in [-0.39, 0.29) is 12.5 Å². The van der Waals surface area contributed by atoms with E-state index in [1.165, 1.54) is 0 Å². The molecule has 172 valence electrons. The number of hydrogen-bond donors (Lipinski definition) is 1. The van der Waals surface area contributed by atoms with Crippen LogP contribution in [0.15, 0.2) is 42.5 Å². The predicted molar refractivity (Wildman–Crippen MR) is 126 cm³/mol. The minimum Gasteiger partial charge on any atom is -0.494 e. The van der Waals surface area contributed by atoms with E-state index in [1.807, 2.05) is 13.8 Å². The van der Waals surface area contributed by atoms with Gasteiger partial charge in [-0.3, -0.25) is 13.9 Å². The fourth-order valence-corrected chi connectivity index (χ4v) is 4.45. The maximum Gasteiger partial charge on any atom is 0.245 e. The molecular formula is C23H29N3O5S. The Morgan fingerprint density at radius 1 is 1.19 bits per heavy atom. The quantitative estimate of drug-likeness (QED) is 0.621. The first-order valence-electron chi connectivity index (χ1n) is 10.6. The fraction of sp³-hybridized carbons (Fsp3) is 0.391. The fourth-order valence-electron chi connectivity index (χ4n) is 3.60. The lowest BCUT2D eigenvalue weighted by Crippen LogP contribution is -2.37. The number of ether oxygens (including phenoxy) is 1. The SMILES string of the molecule is CCCOc1ccc(N(CC(=O)Nc2ccc(N3CCCC3=O)c(C)c2)S(C)(=O)=O)cc1. The van der Waals surface area contributed by atoms with Gasteiger partial charge in [-0.05, 0) is 67.8 Å². The summed E-state index contributed by atoms with van der Waals surface area (Å²) in [6.45, 7) is 4.78. The number of aryl methyl sites for hydroxylation is 1. The molecule has 1 fully saturated rings. The summed E-state index contributed by atoms with van der Waals surface area (Å²) in [4.78, 5) is 26.4. The number of carbonyl (C=O) groups excluding carboxylic acids is 2. The van der Waals surface area contributed by atoms with Crippen LogP contribution in [0, 0.1) is 6.92 Å². The first-order valence-corrected chi connectivity index (χ1v) is 12.5. The van der Waals surface area contributed by atoms with Crippen molar-refractivity contribution in [3.05, 3.63) is 48.0 Å². The van der Waals surface area contributed by atoms with Gasteiger partial charge in [0.2, 0.25) is 21.8 Å². The third kappa shape index (κ3) is 5.79. The Bertz CT molecular complexity index is 1080. The largest absolute Gasteiger partial charge is 0.494 e. The molecule has 0 aromatic heterocycles. The summed E-state index contributed by atoms with van der Waals surface area (Å²) in [5.41, 5.74) is 2.61. The van der Waals surface area contributed by atoms with Crippen molar-refractivity contribution in [3.63, 3.8) is 0 Å². The van der Waals surface area contributed by atoms with Gasteiger partial charge in [0.25, 0.3) is 0 Å². The molecule has 3 rings (SSSR count). The van der Waals surface area contributed by atoms with Crippen LogP contribution in [0.2, 0.25) is 0 Å². The summed E-state index contributed by atoms with van der Waals surface area (Å²) < 4.78 is 31.2. The summed E-state index contributed by atoms with van der Waals surface area (Å²) >= 11 is 0. The highest BCUT2D eigenvalue weighted by atomic mass is 32.2. The average molecular weight is 460 g/mol. The molecular weight excluding hydrogens is 430 g/mol. The number of rotatable bonds is 9. The molecule has 1 heterocycles. The number of sulfonamides is 1. The Kier molecular flexibility index (Phi) is 7.40. The molecule has 0 aliphatic carbocycles. The van der Waals surface area contributed by atoms with E-state index >= 15 is 0 Å². The molecule has 0 saturated carbocycles. The molecule has 0 atom stereocenters. The number of nitrogens with zero attached hydrogens (tertiary/aromatic N) is 2. The normalized spacial score (nSPS) is 13.8. The zero-order valence-electron chi connectivity index (χ0n) is 18.6. The van der Waals surface area contributed by atoms with Gasteiger partial charge in [-0.1, -0.05) is 6.92 Å². The van der Waals surface area contributed by atoms with E-state index in [1.54, 1.807) is 47.4 Å². The van der Waals surface area contributed by atoms with Crippen molar-refractivity contribution >= 4 is 38.9 Å². The molecule has 2 aromatic carbocycles. The van der Waals surface area contributed by atoms with E-state index in [9.17, 15) is 18.0 Å². The van der Waals surface area contributed by atoms with Crippen LogP contribution in [0.25, 0.3) is 0 Å². The molecule has 1 saturated heterocycles. The van der Waals surface area contributed by atoms with E-state index in [0.29, 0.717) is 36.7 Å². The molecule has 0 bridgehead atoms. The van der Waals surface area contributed by atoms with Crippen LogP contribution in [-0.2, 0) is 19.6 Å². The van der Waals surface area contributed by atoms with Crippen molar-refractivity contribution in [2.75, 3.05) is 40.5 Å². The summed E-state index contributed by atoms with van der Waals surface area (Å²) in [7, 11) is -3.68. The standard InChI is InChI=1S/C23H29N3O5S/c1-4-14-31-20-10-8-19(9-11-20)26(32(3,29)30)16-22(27)24-18-7-12-21(17(2)15-18)25-13-5-6-23(25)28/h7-12,15H,4-6,13-14,16H2,1-3H3,(H,24,27). The lowest BCUT2D eigenvalue weighted by Gasteiger charge is -2.22. The maximum atomic E-state index is 12.6. The predicted octanol–water partition coefficient (Wildman–Crippen LogP) is 3.32. The zero-order valence-corrected chi connectivity index (χ0v) is 19.4. The molecule has 1 aliphatic heterocycles. The van der Waals surface area contributed by atoms with Crippen molar-refractivity contribution < 1.29 is 22.7 Å². The third-order valence-electron chi connectivity index (χ3n) is 5.13. The third-order valence-corrected chi connectivity index (χ3v) is 6.27. The van der Waals surface area contributed by atoms with Crippen LogP contribution >= 0.6 is 0 Å². The van der Waals surface area contributed by atoms with Gasteiger partial charge in [-0.25, -0.2) is 8.42 Å². The van der Waals surface area contributed by atoms with Gasteiger partial charge in [-0.15, -0.1) is 0 Å². The Hall–Kier alpha value is -3.07. The molecule has 1 aliphatic rings. The Balaban J connectivity index is 1.70. The second kappa shape index (κ2) is 10.0. The molecule has 0 spiro atoms. The minimum atomic E-state index is -3.68. The number of nitrogens with one attached hydrogen (secondary N) is 1. The Morgan fingerprint density at radius 3 is 2.47 bits per heavy atom. The van der Waals surface area contributed by atoms with Crippen LogP contribution in [0.5, 0.6) is 5.75 Å². The second-order valence-electron chi connectivity index (χ2n) is 7.81.